The average Bonchev–Trinajstić information content (AvgIpc) is 2.65. The van der Waals surface area contributed by atoms with Gasteiger partial charge in [-0.05, 0) is 19.3 Å². The Morgan fingerprint density at radius 1 is 0.577 bits per heavy atom. The SMILES string of the molecule is CCCCCCCCCCCCOC(=O)C(CCCC)CCCCCC. The quantitative estimate of drug-likeness (QED) is 0.160. The molecule has 0 aliphatic heterocycles. The van der Waals surface area contributed by atoms with Gasteiger partial charge in [0.2, 0.25) is 0 Å². The van der Waals surface area contributed by atoms with E-state index in [9.17, 15) is 4.79 Å². The maximum absolute atomic E-state index is 12.4. The van der Waals surface area contributed by atoms with Crippen LogP contribution < -0.4 is 0 Å². The molecule has 156 valence electrons. The van der Waals surface area contributed by atoms with Gasteiger partial charge in [0.05, 0.1) is 12.5 Å². The lowest BCUT2D eigenvalue weighted by Crippen LogP contribution is -2.18. The Morgan fingerprint density at radius 3 is 1.54 bits per heavy atom. The highest BCUT2D eigenvalue weighted by molar-refractivity contribution is 5.72. The highest BCUT2D eigenvalue weighted by Gasteiger charge is 2.18. The van der Waals surface area contributed by atoms with E-state index in [-0.39, 0.29) is 11.9 Å². The number of hydrogen-bond donors (Lipinski definition) is 0. The van der Waals surface area contributed by atoms with E-state index in [0.29, 0.717) is 6.61 Å². The molecule has 0 bridgehead atoms. The van der Waals surface area contributed by atoms with E-state index in [2.05, 4.69) is 20.8 Å². The molecule has 2 nitrogen and oxygen atoms in total. The summed E-state index contributed by atoms with van der Waals surface area (Å²) < 4.78 is 5.59. The summed E-state index contributed by atoms with van der Waals surface area (Å²) in [5, 5.41) is 0. The third-order valence-corrected chi connectivity index (χ3v) is 5.39. The van der Waals surface area contributed by atoms with E-state index in [1.165, 1.54) is 83.5 Å². The van der Waals surface area contributed by atoms with E-state index >= 15 is 0 Å². The molecule has 0 amide bonds. The van der Waals surface area contributed by atoms with Gasteiger partial charge in [-0.25, -0.2) is 0 Å². The van der Waals surface area contributed by atoms with Crippen LogP contribution >= 0.6 is 0 Å². The van der Waals surface area contributed by atoms with Crippen molar-refractivity contribution in [3.63, 3.8) is 0 Å². The molecule has 0 rings (SSSR count). The van der Waals surface area contributed by atoms with Gasteiger partial charge in [-0.2, -0.15) is 0 Å². The van der Waals surface area contributed by atoms with Crippen LogP contribution in [0.4, 0.5) is 0 Å². The van der Waals surface area contributed by atoms with Crippen LogP contribution in [-0.4, -0.2) is 12.6 Å². The van der Waals surface area contributed by atoms with E-state index in [0.717, 1.165) is 32.1 Å². The zero-order valence-corrected chi connectivity index (χ0v) is 18.3. The highest BCUT2D eigenvalue weighted by Crippen LogP contribution is 2.19. The minimum Gasteiger partial charge on any atom is -0.465 e. The summed E-state index contributed by atoms with van der Waals surface area (Å²) in [6.45, 7) is 7.33. The van der Waals surface area contributed by atoms with Crippen LogP contribution in [0.3, 0.4) is 0 Å². The van der Waals surface area contributed by atoms with Crippen LogP contribution in [0.5, 0.6) is 0 Å². The van der Waals surface area contributed by atoms with Gasteiger partial charge < -0.3 is 4.74 Å². The molecule has 0 radical (unpaired) electrons. The lowest BCUT2D eigenvalue weighted by molar-refractivity contribution is -0.149. The summed E-state index contributed by atoms with van der Waals surface area (Å²) in [4.78, 5) is 12.4. The van der Waals surface area contributed by atoms with Crippen molar-refractivity contribution in [3.8, 4) is 0 Å². The van der Waals surface area contributed by atoms with Crippen molar-refractivity contribution in [1.29, 1.82) is 0 Å². The Morgan fingerprint density at radius 2 is 1.00 bits per heavy atom. The number of carbonyl (C=O) groups is 1. The van der Waals surface area contributed by atoms with Gasteiger partial charge in [0.1, 0.15) is 0 Å². The molecule has 0 aromatic carbocycles. The third-order valence-electron chi connectivity index (χ3n) is 5.39. The minimum atomic E-state index is 0.0749. The number of hydrogen-bond acceptors (Lipinski definition) is 2. The fraction of sp³-hybridized carbons (Fsp3) is 0.958. The first-order valence-corrected chi connectivity index (χ1v) is 11.9. The standard InChI is InChI=1S/C24H48O2/c1-4-7-10-12-13-14-15-16-17-19-22-26-24(25)23(20-9-6-3)21-18-11-8-5-2/h23H,4-22H2,1-3H3. The molecular weight excluding hydrogens is 320 g/mol. The molecule has 26 heavy (non-hydrogen) atoms. The second kappa shape index (κ2) is 20.8. The van der Waals surface area contributed by atoms with Crippen LogP contribution in [0.1, 0.15) is 136 Å². The largest absolute Gasteiger partial charge is 0.465 e. The normalized spacial score (nSPS) is 12.3. The van der Waals surface area contributed by atoms with Crippen molar-refractivity contribution in [3.05, 3.63) is 0 Å². The lowest BCUT2D eigenvalue weighted by atomic mass is 9.95. The monoisotopic (exact) mass is 368 g/mol. The second-order valence-electron chi connectivity index (χ2n) is 8.04. The van der Waals surface area contributed by atoms with Crippen LogP contribution in [-0.2, 0) is 9.53 Å². The van der Waals surface area contributed by atoms with Crippen LogP contribution in [0, 0.1) is 5.92 Å². The summed E-state index contributed by atoms with van der Waals surface area (Å²) in [7, 11) is 0. The van der Waals surface area contributed by atoms with Gasteiger partial charge in [0, 0.05) is 0 Å². The van der Waals surface area contributed by atoms with Crippen molar-refractivity contribution in [2.75, 3.05) is 6.61 Å². The van der Waals surface area contributed by atoms with Crippen LogP contribution in [0.2, 0.25) is 0 Å². The molecule has 0 aromatic heterocycles. The van der Waals surface area contributed by atoms with Crippen molar-refractivity contribution >= 4 is 5.97 Å². The molecule has 0 aliphatic carbocycles. The number of carbonyl (C=O) groups excluding carboxylic acids is 1. The van der Waals surface area contributed by atoms with E-state index < -0.39 is 0 Å². The lowest BCUT2D eigenvalue weighted by Gasteiger charge is -2.15. The van der Waals surface area contributed by atoms with Crippen molar-refractivity contribution < 1.29 is 9.53 Å². The average molecular weight is 369 g/mol. The Kier molecular flexibility index (Phi) is 20.4. The Labute approximate surface area is 164 Å². The van der Waals surface area contributed by atoms with E-state index in [1.54, 1.807) is 0 Å². The van der Waals surface area contributed by atoms with Crippen LogP contribution in [0.15, 0.2) is 0 Å². The smallest absolute Gasteiger partial charge is 0.308 e. The highest BCUT2D eigenvalue weighted by atomic mass is 16.5. The zero-order chi connectivity index (χ0) is 19.3. The third kappa shape index (κ3) is 16.9. The second-order valence-corrected chi connectivity index (χ2v) is 8.04. The molecule has 0 heterocycles. The number of rotatable bonds is 20. The summed E-state index contributed by atoms with van der Waals surface area (Å²) in [6.07, 6.45) is 22.5. The van der Waals surface area contributed by atoms with Gasteiger partial charge in [0.15, 0.2) is 0 Å². The summed E-state index contributed by atoms with van der Waals surface area (Å²) in [5.74, 6) is 0.223. The van der Waals surface area contributed by atoms with Gasteiger partial charge in [-0.15, -0.1) is 0 Å². The Bertz CT molecular complexity index is 288. The Hall–Kier alpha value is -0.530. The van der Waals surface area contributed by atoms with Crippen LogP contribution in [0.25, 0.3) is 0 Å². The molecule has 0 spiro atoms. The molecule has 0 aliphatic rings. The summed E-state index contributed by atoms with van der Waals surface area (Å²) >= 11 is 0. The fourth-order valence-electron chi connectivity index (χ4n) is 3.53. The van der Waals surface area contributed by atoms with Gasteiger partial charge >= 0.3 is 5.97 Å². The van der Waals surface area contributed by atoms with Crippen molar-refractivity contribution in [1.82, 2.24) is 0 Å². The maximum atomic E-state index is 12.4. The summed E-state index contributed by atoms with van der Waals surface area (Å²) in [6, 6.07) is 0. The molecule has 0 N–H and O–H groups in total. The Balaban J connectivity index is 3.64. The van der Waals surface area contributed by atoms with Crippen molar-refractivity contribution in [2.24, 2.45) is 5.92 Å². The maximum Gasteiger partial charge on any atom is 0.308 e. The zero-order valence-electron chi connectivity index (χ0n) is 18.3. The minimum absolute atomic E-state index is 0.0749. The number of unbranched alkanes of at least 4 members (excludes halogenated alkanes) is 13. The molecule has 2 heteroatoms. The van der Waals surface area contributed by atoms with Crippen molar-refractivity contribution in [2.45, 2.75) is 136 Å². The number of ether oxygens (including phenoxy) is 1. The first-order valence-electron chi connectivity index (χ1n) is 11.9. The van der Waals surface area contributed by atoms with Gasteiger partial charge in [0.25, 0.3) is 0 Å². The van der Waals surface area contributed by atoms with E-state index in [4.69, 9.17) is 4.74 Å². The van der Waals surface area contributed by atoms with E-state index in [1.807, 2.05) is 0 Å². The molecule has 0 saturated carbocycles. The number of esters is 1. The topological polar surface area (TPSA) is 26.3 Å². The molecule has 0 saturated heterocycles. The predicted octanol–water partition coefficient (Wildman–Crippen LogP) is 8.23. The fourth-order valence-corrected chi connectivity index (χ4v) is 3.53. The molecular formula is C24H48O2. The molecule has 1 atom stereocenters. The molecule has 0 fully saturated rings. The molecule has 1 unspecified atom stereocenters. The first-order chi connectivity index (χ1) is 12.8. The summed E-state index contributed by atoms with van der Waals surface area (Å²) in [5.41, 5.74) is 0. The van der Waals surface area contributed by atoms with Gasteiger partial charge in [-0.1, -0.05) is 117 Å². The molecule has 0 aromatic rings. The predicted molar refractivity (Wildman–Crippen MR) is 115 cm³/mol. The first kappa shape index (κ1) is 25.5. The van der Waals surface area contributed by atoms with Gasteiger partial charge in [-0.3, -0.25) is 4.79 Å².